The Morgan fingerprint density at radius 2 is 1.23 bits per heavy atom. The van der Waals surface area contributed by atoms with E-state index in [4.69, 9.17) is 24.4 Å². The Bertz CT molecular complexity index is 320. The van der Waals surface area contributed by atoms with Gasteiger partial charge in [0.15, 0.2) is 0 Å². The number of thiocarbonyl (C=S) groups is 2. The van der Waals surface area contributed by atoms with E-state index in [0.717, 1.165) is 47.4 Å². The number of nitrogens with zero attached hydrogens (tertiary/aromatic N) is 2. The van der Waals surface area contributed by atoms with Crippen molar-refractivity contribution in [2.24, 2.45) is 0 Å². The van der Waals surface area contributed by atoms with Crippen LogP contribution < -0.4 is 0 Å². The van der Waals surface area contributed by atoms with E-state index >= 15 is 0 Å². The molecule has 22 heavy (non-hydrogen) atoms. The molecule has 0 spiro atoms. The molecule has 0 N–H and O–H groups in total. The van der Waals surface area contributed by atoms with Gasteiger partial charge in [0.25, 0.3) is 0 Å². The second-order valence-corrected chi connectivity index (χ2v) is 9.00. The molecule has 6 heteroatoms. The Labute approximate surface area is 156 Å². The molecule has 0 saturated heterocycles. The quantitative estimate of drug-likeness (QED) is 0.376. The van der Waals surface area contributed by atoms with Crippen LogP contribution in [0.1, 0.15) is 67.2 Å². The zero-order valence-corrected chi connectivity index (χ0v) is 18.2. The molecule has 2 nitrogen and oxygen atoms in total. The van der Waals surface area contributed by atoms with Crippen molar-refractivity contribution < 1.29 is 0 Å². The summed E-state index contributed by atoms with van der Waals surface area (Å²) in [5.41, 5.74) is 0. The first-order valence-electron chi connectivity index (χ1n) is 8.38. The Balaban J connectivity index is 4.63. The van der Waals surface area contributed by atoms with E-state index < -0.39 is 0 Å². The van der Waals surface area contributed by atoms with Gasteiger partial charge in [-0.15, -0.1) is 0 Å². The molecule has 130 valence electrons. The molecule has 0 aliphatic rings. The second-order valence-electron chi connectivity index (χ2n) is 5.61. The molecular formula is C16H32N2S4. The van der Waals surface area contributed by atoms with Crippen molar-refractivity contribution in [2.45, 2.75) is 79.3 Å². The standard InChI is InChI=1S/C16H32N2S4/c1-7-11-17(12-8-2)15(19)21-22-16(20)18(13(5)9-3)14(6)10-4/h13-14H,7-12H2,1-6H3. The molecule has 0 aromatic carbocycles. The summed E-state index contributed by atoms with van der Waals surface area (Å²) in [4.78, 5) is 4.67. The molecule has 2 unspecified atom stereocenters. The van der Waals surface area contributed by atoms with E-state index in [1.165, 1.54) is 0 Å². The van der Waals surface area contributed by atoms with Crippen molar-refractivity contribution >= 4 is 54.7 Å². The smallest absolute Gasteiger partial charge is 0.147 e. The number of hydrogen-bond acceptors (Lipinski definition) is 4. The van der Waals surface area contributed by atoms with Crippen molar-refractivity contribution in [3.63, 3.8) is 0 Å². The Morgan fingerprint density at radius 1 is 0.818 bits per heavy atom. The highest BCUT2D eigenvalue weighted by molar-refractivity contribution is 8.89. The third-order valence-electron chi connectivity index (χ3n) is 3.77. The van der Waals surface area contributed by atoms with Crippen LogP contribution in [-0.4, -0.2) is 43.6 Å². The Kier molecular flexibility index (Phi) is 13.1. The first kappa shape index (κ1) is 22.5. The van der Waals surface area contributed by atoms with E-state index in [1.807, 2.05) is 0 Å². The van der Waals surface area contributed by atoms with Crippen LogP contribution in [0.2, 0.25) is 0 Å². The summed E-state index contributed by atoms with van der Waals surface area (Å²) in [6.07, 6.45) is 4.47. The van der Waals surface area contributed by atoms with E-state index in [9.17, 15) is 0 Å². The van der Waals surface area contributed by atoms with E-state index in [-0.39, 0.29) is 0 Å². The van der Waals surface area contributed by atoms with Crippen LogP contribution >= 0.6 is 46.0 Å². The minimum absolute atomic E-state index is 0.478. The van der Waals surface area contributed by atoms with Gasteiger partial charge in [-0.25, -0.2) is 0 Å². The molecule has 0 radical (unpaired) electrons. The van der Waals surface area contributed by atoms with Crippen molar-refractivity contribution in [1.82, 2.24) is 9.80 Å². The maximum Gasteiger partial charge on any atom is 0.147 e. The van der Waals surface area contributed by atoms with E-state index in [1.54, 1.807) is 21.6 Å². The van der Waals surface area contributed by atoms with Gasteiger partial charge in [0.1, 0.15) is 8.64 Å². The Morgan fingerprint density at radius 3 is 1.59 bits per heavy atom. The summed E-state index contributed by atoms with van der Waals surface area (Å²) in [6.45, 7) is 15.4. The van der Waals surface area contributed by atoms with Crippen molar-refractivity contribution in [1.29, 1.82) is 0 Å². The van der Waals surface area contributed by atoms with Crippen LogP contribution in [0.15, 0.2) is 0 Å². The predicted molar refractivity (Wildman–Crippen MR) is 114 cm³/mol. The van der Waals surface area contributed by atoms with Crippen LogP contribution in [0.25, 0.3) is 0 Å². The highest BCUT2D eigenvalue weighted by Crippen LogP contribution is 2.31. The maximum atomic E-state index is 5.68. The summed E-state index contributed by atoms with van der Waals surface area (Å²) in [7, 11) is 3.30. The molecular weight excluding hydrogens is 348 g/mol. The summed E-state index contributed by atoms with van der Waals surface area (Å²) in [5.74, 6) is 0. The lowest BCUT2D eigenvalue weighted by atomic mass is 10.1. The van der Waals surface area contributed by atoms with Crippen LogP contribution in [0.4, 0.5) is 0 Å². The fourth-order valence-corrected chi connectivity index (χ4v) is 5.22. The van der Waals surface area contributed by atoms with Gasteiger partial charge in [-0.1, -0.05) is 52.1 Å². The molecule has 0 heterocycles. The summed E-state index contributed by atoms with van der Waals surface area (Å²) < 4.78 is 1.92. The van der Waals surface area contributed by atoms with Crippen LogP contribution in [0, 0.1) is 0 Å². The highest BCUT2D eigenvalue weighted by Gasteiger charge is 2.22. The third-order valence-corrected chi connectivity index (χ3v) is 7.41. The number of hydrogen-bond donors (Lipinski definition) is 0. The molecule has 0 fully saturated rings. The lowest BCUT2D eigenvalue weighted by Crippen LogP contribution is -2.42. The summed E-state index contributed by atoms with van der Waals surface area (Å²) >= 11 is 11.3. The minimum atomic E-state index is 0.478. The van der Waals surface area contributed by atoms with Gasteiger partial charge >= 0.3 is 0 Å². The molecule has 0 aliphatic heterocycles. The normalized spacial score (nSPS) is 13.5. The van der Waals surface area contributed by atoms with Crippen LogP contribution in [0.5, 0.6) is 0 Å². The van der Waals surface area contributed by atoms with Crippen molar-refractivity contribution in [3.05, 3.63) is 0 Å². The van der Waals surface area contributed by atoms with Gasteiger partial charge in [0.05, 0.1) is 0 Å². The Hall–Kier alpha value is 0.480. The molecule has 0 bridgehead atoms. The van der Waals surface area contributed by atoms with Crippen molar-refractivity contribution in [3.8, 4) is 0 Å². The molecule has 0 aliphatic carbocycles. The van der Waals surface area contributed by atoms with Gasteiger partial charge in [-0.2, -0.15) is 0 Å². The van der Waals surface area contributed by atoms with Gasteiger partial charge in [-0.05, 0) is 61.1 Å². The zero-order chi connectivity index (χ0) is 17.1. The van der Waals surface area contributed by atoms with Crippen LogP contribution in [0.3, 0.4) is 0 Å². The molecule has 0 aromatic rings. The van der Waals surface area contributed by atoms with Gasteiger partial charge in [0, 0.05) is 25.2 Å². The average molecular weight is 381 g/mol. The van der Waals surface area contributed by atoms with Gasteiger partial charge in [-0.3, -0.25) is 0 Å². The first-order chi connectivity index (χ1) is 10.4. The SMILES string of the molecule is CCCN(CCC)C(=S)SSC(=S)N(C(C)CC)C(C)CC. The molecule has 0 rings (SSSR count). The van der Waals surface area contributed by atoms with Gasteiger partial charge < -0.3 is 9.80 Å². The minimum Gasteiger partial charge on any atom is -0.357 e. The molecule has 0 aromatic heterocycles. The lowest BCUT2D eigenvalue weighted by molar-refractivity contribution is 0.260. The second kappa shape index (κ2) is 12.8. The topological polar surface area (TPSA) is 6.48 Å². The predicted octanol–water partition coefficient (Wildman–Crippen LogP) is 5.96. The fraction of sp³-hybridized carbons (Fsp3) is 0.875. The third kappa shape index (κ3) is 7.84. The zero-order valence-electron chi connectivity index (χ0n) is 14.9. The average Bonchev–Trinajstić information content (AvgIpc) is 2.51. The largest absolute Gasteiger partial charge is 0.357 e. The van der Waals surface area contributed by atoms with Gasteiger partial charge in [0.2, 0.25) is 0 Å². The van der Waals surface area contributed by atoms with E-state index in [2.05, 4.69) is 51.3 Å². The summed E-state index contributed by atoms with van der Waals surface area (Å²) in [6, 6.07) is 0.956. The molecule has 0 amide bonds. The maximum absolute atomic E-state index is 5.68. The first-order valence-corrected chi connectivity index (χ1v) is 11.3. The van der Waals surface area contributed by atoms with Crippen LogP contribution in [-0.2, 0) is 0 Å². The molecule has 2 atom stereocenters. The number of rotatable bonds is 8. The monoisotopic (exact) mass is 380 g/mol. The van der Waals surface area contributed by atoms with E-state index in [0.29, 0.717) is 12.1 Å². The summed E-state index contributed by atoms with van der Waals surface area (Å²) in [5, 5.41) is 0. The van der Waals surface area contributed by atoms with Crippen molar-refractivity contribution in [2.75, 3.05) is 13.1 Å². The lowest BCUT2D eigenvalue weighted by Gasteiger charge is -2.35. The molecule has 0 saturated carbocycles. The highest BCUT2D eigenvalue weighted by atomic mass is 33.1. The fourth-order valence-electron chi connectivity index (χ4n) is 2.19.